The summed E-state index contributed by atoms with van der Waals surface area (Å²) in [5.41, 5.74) is 1.12. The summed E-state index contributed by atoms with van der Waals surface area (Å²) in [4.78, 5) is 53.4. The molecule has 0 N–H and O–H groups in total. The Morgan fingerprint density at radius 2 is 1.89 bits per heavy atom. The number of hydrogen-bond donors (Lipinski definition) is 0. The lowest BCUT2D eigenvalue weighted by molar-refractivity contribution is -0.148. The highest BCUT2D eigenvalue weighted by atomic mass is 32.1. The monoisotopic (exact) mass is 383 g/mol. The van der Waals surface area contributed by atoms with Crippen LogP contribution in [0.25, 0.3) is 0 Å². The molecule has 1 atom stereocenters. The van der Waals surface area contributed by atoms with E-state index in [0.29, 0.717) is 10.7 Å². The van der Waals surface area contributed by atoms with Gasteiger partial charge in [-0.1, -0.05) is 12.1 Å². The van der Waals surface area contributed by atoms with Crippen molar-refractivity contribution in [2.24, 2.45) is 0 Å². The van der Waals surface area contributed by atoms with Gasteiger partial charge in [0, 0.05) is 11.1 Å². The maximum Gasteiger partial charge on any atom is 0.326 e. The molecule has 0 radical (unpaired) electrons. The lowest BCUT2D eigenvalue weighted by atomic mass is 10.1. The normalized spacial score (nSPS) is 13.9. The minimum atomic E-state index is -1.13. The van der Waals surface area contributed by atoms with Gasteiger partial charge in [-0.3, -0.25) is 24.1 Å². The highest BCUT2D eigenvalue weighted by Crippen LogP contribution is 2.23. The number of imide groups is 1. The summed E-state index contributed by atoms with van der Waals surface area (Å²) < 4.78 is 4.86. The third kappa shape index (κ3) is 3.61. The Labute approximate surface area is 158 Å². The molecule has 136 valence electrons. The minimum Gasteiger partial charge on any atom is -0.456 e. The standard InChI is InChI=1S/C18H13N3O5S/c1-10-9-27-16(20-10)13(6-19)14(22)8-26-15(23)7-21-17(24)11-4-2-3-5-12(11)18(21)25/h2-5,9,13H,7-8H2,1H3/t13-/m0/s1. The molecule has 3 rings (SSSR count). The van der Waals surface area contributed by atoms with E-state index in [4.69, 9.17) is 4.74 Å². The number of esters is 1. The number of ether oxygens (including phenoxy) is 1. The molecule has 27 heavy (non-hydrogen) atoms. The van der Waals surface area contributed by atoms with Gasteiger partial charge in [-0.05, 0) is 19.1 Å². The summed E-state index contributed by atoms with van der Waals surface area (Å²) in [6.45, 7) is 0.493. The number of benzene rings is 1. The number of rotatable bonds is 6. The number of aryl methyl sites for hydroxylation is 1. The fourth-order valence-corrected chi connectivity index (χ4v) is 3.42. The summed E-state index contributed by atoms with van der Waals surface area (Å²) in [6.07, 6.45) is 0. The van der Waals surface area contributed by atoms with Gasteiger partial charge >= 0.3 is 5.97 Å². The zero-order valence-corrected chi connectivity index (χ0v) is 15.0. The molecule has 2 aromatic rings. The zero-order valence-electron chi connectivity index (χ0n) is 14.2. The second-order valence-electron chi connectivity index (χ2n) is 5.76. The van der Waals surface area contributed by atoms with Gasteiger partial charge < -0.3 is 4.74 Å². The molecule has 0 saturated heterocycles. The lowest BCUT2D eigenvalue weighted by Crippen LogP contribution is -2.36. The fraction of sp³-hybridized carbons (Fsp3) is 0.222. The van der Waals surface area contributed by atoms with Crippen molar-refractivity contribution in [2.75, 3.05) is 13.2 Å². The number of nitrogens with zero attached hydrogens (tertiary/aromatic N) is 3. The summed E-state index contributed by atoms with van der Waals surface area (Å²) >= 11 is 1.17. The van der Waals surface area contributed by atoms with Gasteiger partial charge in [-0.25, -0.2) is 4.98 Å². The smallest absolute Gasteiger partial charge is 0.326 e. The van der Waals surface area contributed by atoms with Crippen LogP contribution in [0.5, 0.6) is 0 Å². The van der Waals surface area contributed by atoms with Crippen LogP contribution in [0.1, 0.15) is 37.3 Å². The van der Waals surface area contributed by atoms with Gasteiger partial charge in [-0.15, -0.1) is 11.3 Å². The van der Waals surface area contributed by atoms with Crippen molar-refractivity contribution in [2.45, 2.75) is 12.8 Å². The van der Waals surface area contributed by atoms with E-state index in [1.165, 1.54) is 23.5 Å². The van der Waals surface area contributed by atoms with Gasteiger partial charge in [0.15, 0.2) is 18.3 Å². The largest absolute Gasteiger partial charge is 0.456 e. The van der Waals surface area contributed by atoms with Crippen LogP contribution < -0.4 is 0 Å². The molecule has 2 heterocycles. The van der Waals surface area contributed by atoms with Crippen LogP contribution in [-0.4, -0.2) is 46.6 Å². The summed E-state index contributed by atoms with van der Waals surface area (Å²) in [7, 11) is 0. The van der Waals surface area contributed by atoms with E-state index >= 15 is 0 Å². The van der Waals surface area contributed by atoms with Crippen molar-refractivity contribution in [3.05, 3.63) is 51.5 Å². The topological polar surface area (TPSA) is 117 Å². The number of nitriles is 1. The molecule has 0 bridgehead atoms. The molecule has 2 amide bonds. The summed E-state index contributed by atoms with van der Waals surface area (Å²) in [6, 6.07) is 8.07. The Hall–Kier alpha value is -3.38. The van der Waals surface area contributed by atoms with Gasteiger partial charge in [-0.2, -0.15) is 5.26 Å². The van der Waals surface area contributed by atoms with Gasteiger partial charge in [0.05, 0.1) is 17.2 Å². The number of hydrogen-bond acceptors (Lipinski definition) is 8. The van der Waals surface area contributed by atoms with Gasteiger partial charge in [0.2, 0.25) is 0 Å². The molecule has 0 unspecified atom stereocenters. The highest BCUT2D eigenvalue weighted by Gasteiger charge is 2.36. The molecule has 1 aliphatic rings. The first-order valence-corrected chi connectivity index (χ1v) is 8.75. The predicted octanol–water partition coefficient (Wildman–Crippen LogP) is 1.47. The molecule has 0 saturated carbocycles. The number of thiazole rings is 1. The Morgan fingerprint density at radius 3 is 2.41 bits per heavy atom. The quantitative estimate of drug-likeness (QED) is 0.547. The average Bonchev–Trinajstić information content (AvgIpc) is 3.18. The van der Waals surface area contributed by atoms with Crippen molar-refractivity contribution in [1.82, 2.24) is 9.88 Å². The third-order valence-corrected chi connectivity index (χ3v) is 4.90. The van der Waals surface area contributed by atoms with Crippen LogP contribution in [0.3, 0.4) is 0 Å². The predicted molar refractivity (Wildman–Crippen MR) is 93.0 cm³/mol. The van der Waals surface area contributed by atoms with Gasteiger partial charge in [0.25, 0.3) is 11.8 Å². The fourth-order valence-electron chi connectivity index (χ4n) is 2.56. The van der Waals surface area contributed by atoms with E-state index in [-0.39, 0.29) is 11.1 Å². The van der Waals surface area contributed by atoms with Crippen molar-refractivity contribution in [3.63, 3.8) is 0 Å². The first-order valence-electron chi connectivity index (χ1n) is 7.87. The first kappa shape index (κ1) is 18.4. The van der Waals surface area contributed by atoms with E-state index < -0.39 is 42.6 Å². The van der Waals surface area contributed by atoms with E-state index in [9.17, 15) is 24.4 Å². The molecule has 8 nitrogen and oxygen atoms in total. The van der Waals surface area contributed by atoms with Gasteiger partial charge in [0.1, 0.15) is 11.6 Å². The molecule has 0 fully saturated rings. The minimum absolute atomic E-state index is 0.218. The molecule has 1 aliphatic heterocycles. The number of amides is 2. The summed E-state index contributed by atoms with van der Waals surface area (Å²) in [5, 5.41) is 11.2. The van der Waals surface area contributed by atoms with E-state index in [1.54, 1.807) is 24.4 Å². The number of carbonyl (C=O) groups is 4. The van der Waals surface area contributed by atoms with Crippen LogP contribution in [0.4, 0.5) is 0 Å². The second kappa shape index (κ2) is 7.47. The molecule has 1 aromatic carbocycles. The average molecular weight is 383 g/mol. The van der Waals surface area contributed by atoms with E-state index in [1.807, 2.05) is 6.07 Å². The Morgan fingerprint density at radius 1 is 1.26 bits per heavy atom. The lowest BCUT2D eigenvalue weighted by Gasteiger charge is -2.13. The highest BCUT2D eigenvalue weighted by molar-refractivity contribution is 7.09. The zero-order chi connectivity index (χ0) is 19.6. The van der Waals surface area contributed by atoms with Crippen molar-refractivity contribution in [1.29, 1.82) is 5.26 Å². The van der Waals surface area contributed by atoms with Crippen molar-refractivity contribution < 1.29 is 23.9 Å². The van der Waals surface area contributed by atoms with Crippen molar-refractivity contribution in [3.8, 4) is 6.07 Å². The molecule has 0 aliphatic carbocycles. The Bertz CT molecular complexity index is 956. The van der Waals surface area contributed by atoms with Crippen LogP contribution in [0, 0.1) is 18.3 Å². The molecule has 0 spiro atoms. The number of ketones is 1. The maximum atomic E-state index is 12.2. The van der Waals surface area contributed by atoms with Crippen molar-refractivity contribution >= 4 is 34.9 Å². The SMILES string of the molecule is Cc1csc([C@@H](C#N)C(=O)COC(=O)CN2C(=O)c3ccccc3C2=O)n1. The van der Waals surface area contributed by atoms with E-state index in [2.05, 4.69) is 4.98 Å². The van der Waals surface area contributed by atoms with E-state index in [0.717, 1.165) is 4.90 Å². The Balaban J connectivity index is 1.59. The maximum absolute atomic E-state index is 12.2. The number of aromatic nitrogens is 1. The molecule has 9 heteroatoms. The molecular formula is C18H13N3O5S. The molecular weight excluding hydrogens is 370 g/mol. The van der Waals surface area contributed by atoms with Crippen LogP contribution >= 0.6 is 11.3 Å². The number of Topliss-reactive ketones (excluding diaryl/α,β-unsaturated/α-hetero) is 1. The number of carbonyl (C=O) groups excluding carboxylic acids is 4. The summed E-state index contributed by atoms with van der Waals surface area (Å²) in [5.74, 6) is -3.85. The Kier molecular flexibility index (Phi) is 5.09. The van der Waals surface area contributed by atoms with Crippen LogP contribution in [-0.2, 0) is 14.3 Å². The molecule has 1 aromatic heterocycles. The second-order valence-corrected chi connectivity index (χ2v) is 6.65. The third-order valence-electron chi connectivity index (χ3n) is 3.88. The first-order chi connectivity index (χ1) is 12.9. The number of fused-ring (bicyclic) bond motifs is 1. The van der Waals surface area contributed by atoms with Crippen LogP contribution in [0.2, 0.25) is 0 Å². The van der Waals surface area contributed by atoms with Crippen LogP contribution in [0.15, 0.2) is 29.6 Å².